The third-order valence-electron chi connectivity index (χ3n) is 4.22. The van der Waals surface area contributed by atoms with Crippen LogP contribution in [0.2, 0.25) is 0 Å². The number of ketones is 1. The number of nitrogens with zero attached hydrogens (tertiary/aromatic N) is 2. The second-order valence-corrected chi connectivity index (χ2v) is 6.50. The largest absolute Gasteiger partial charge is 0.493 e. The lowest BCUT2D eigenvalue weighted by molar-refractivity contribution is -0.119. The van der Waals surface area contributed by atoms with E-state index < -0.39 is 6.04 Å². The van der Waals surface area contributed by atoms with E-state index in [9.17, 15) is 9.59 Å². The van der Waals surface area contributed by atoms with Crippen molar-refractivity contribution in [2.45, 2.75) is 19.9 Å². The van der Waals surface area contributed by atoms with Crippen LogP contribution in [0.25, 0.3) is 21.3 Å². The lowest BCUT2D eigenvalue weighted by Crippen LogP contribution is -2.27. The highest BCUT2D eigenvalue weighted by molar-refractivity contribution is 7.17. The van der Waals surface area contributed by atoms with Gasteiger partial charge in [-0.1, -0.05) is 6.07 Å². The molecule has 1 aromatic carbocycles. The fraction of sp³-hybridized carbons (Fsp3) is 0.278. The van der Waals surface area contributed by atoms with Gasteiger partial charge in [0, 0.05) is 10.9 Å². The highest BCUT2D eigenvalue weighted by Crippen LogP contribution is 2.36. The summed E-state index contributed by atoms with van der Waals surface area (Å²) in [5.41, 5.74) is 1.37. The number of thiophene rings is 1. The van der Waals surface area contributed by atoms with Gasteiger partial charge in [-0.3, -0.25) is 14.2 Å². The zero-order valence-corrected chi connectivity index (χ0v) is 15.2. The smallest absolute Gasteiger partial charge is 0.263 e. The van der Waals surface area contributed by atoms with Gasteiger partial charge < -0.3 is 9.47 Å². The van der Waals surface area contributed by atoms with Crippen LogP contribution in [-0.2, 0) is 4.79 Å². The fourth-order valence-electron chi connectivity index (χ4n) is 2.63. The summed E-state index contributed by atoms with van der Waals surface area (Å²) in [6.45, 7) is 3.16. The first kappa shape index (κ1) is 17.2. The molecule has 6 nitrogen and oxygen atoms in total. The molecule has 2 aromatic heterocycles. The molecule has 0 aliphatic heterocycles. The zero-order chi connectivity index (χ0) is 18.1. The molecule has 0 unspecified atom stereocenters. The molecule has 7 heteroatoms. The van der Waals surface area contributed by atoms with Gasteiger partial charge in [0.2, 0.25) is 0 Å². The number of carbonyl (C=O) groups is 1. The number of ether oxygens (including phenoxy) is 2. The lowest BCUT2D eigenvalue weighted by Gasteiger charge is -2.12. The highest BCUT2D eigenvalue weighted by Gasteiger charge is 2.18. The van der Waals surface area contributed by atoms with Gasteiger partial charge in [-0.05, 0) is 31.5 Å². The van der Waals surface area contributed by atoms with Crippen molar-refractivity contribution in [3.63, 3.8) is 0 Å². The van der Waals surface area contributed by atoms with Crippen LogP contribution in [0.5, 0.6) is 11.5 Å². The third-order valence-corrected chi connectivity index (χ3v) is 5.11. The Morgan fingerprint density at radius 1 is 1.24 bits per heavy atom. The molecule has 0 aliphatic carbocycles. The summed E-state index contributed by atoms with van der Waals surface area (Å²) < 4.78 is 12.0. The average Bonchev–Trinajstić information content (AvgIpc) is 3.05. The number of Topliss-reactive ketones (excluding diaryl/α,β-unsaturated/α-hetero) is 1. The standard InChI is InChI=1S/C18H18N2O4S/c1-10(11(2)21)20-9-19-17-16(18(20)22)13(8-25-17)12-5-6-14(23-3)15(7-12)24-4/h5-10H,1-4H3/t10-/m0/s1. The molecule has 130 valence electrons. The number of fused-ring (bicyclic) bond motifs is 1. The van der Waals surface area contributed by atoms with Gasteiger partial charge in [0.1, 0.15) is 4.83 Å². The van der Waals surface area contributed by atoms with Crippen LogP contribution in [0.4, 0.5) is 0 Å². The van der Waals surface area contributed by atoms with Crippen molar-refractivity contribution in [1.82, 2.24) is 9.55 Å². The summed E-state index contributed by atoms with van der Waals surface area (Å²) in [6.07, 6.45) is 1.44. The number of aromatic nitrogens is 2. The summed E-state index contributed by atoms with van der Waals surface area (Å²) in [4.78, 5) is 29.6. The van der Waals surface area contributed by atoms with E-state index in [1.807, 2.05) is 17.5 Å². The molecule has 0 aliphatic rings. The SMILES string of the molecule is COc1ccc(-c2csc3ncn([C@@H](C)C(C)=O)c(=O)c23)cc1OC. The van der Waals surface area contributed by atoms with E-state index in [0.717, 1.165) is 11.1 Å². The van der Waals surface area contributed by atoms with E-state index in [1.165, 1.54) is 29.2 Å². The Balaban J connectivity index is 2.23. The van der Waals surface area contributed by atoms with Gasteiger partial charge in [-0.15, -0.1) is 11.3 Å². The van der Waals surface area contributed by atoms with Gasteiger partial charge in [-0.25, -0.2) is 4.98 Å². The first-order valence-electron chi connectivity index (χ1n) is 7.69. The van der Waals surface area contributed by atoms with Crippen molar-refractivity contribution in [3.8, 4) is 22.6 Å². The maximum atomic E-state index is 12.9. The Hall–Kier alpha value is -2.67. The topological polar surface area (TPSA) is 70.4 Å². The summed E-state index contributed by atoms with van der Waals surface area (Å²) in [7, 11) is 3.14. The van der Waals surface area contributed by atoms with Crippen LogP contribution >= 0.6 is 11.3 Å². The third kappa shape index (κ3) is 2.91. The molecule has 0 saturated heterocycles. The molecule has 1 atom stereocenters. The molecule has 0 fully saturated rings. The summed E-state index contributed by atoms with van der Waals surface area (Å²) in [5, 5.41) is 2.40. The van der Waals surface area contributed by atoms with Gasteiger partial charge >= 0.3 is 0 Å². The molecular formula is C18H18N2O4S. The predicted molar refractivity (Wildman–Crippen MR) is 97.8 cm³/mol. The molecular weight excluding hydrogens is 340 g/mol. The van der Waals surface area contributed by atoms with Crippen molar-refractivity contribution >= 4 is 27.3 Å². The minimum Gasteiger partial charge on any atom is -0.493 e. The Labute approximate surface area is 148 Å². The van der Waals surface area contributed by atoms with E-state index >= 15 is 0 Å². The highest BCUT2D eigenvalue weighted by atomic mass is 32.1. The molecule has 3 rings (SSSR count). The molecule has 0 spiro atoms. The van der Waals surface area contributed by atoms with Crippen molar-refractivity contribution < 1.29 is 14.3 Å². The Morgan fingerprint density at radius 3 is 2.60 bits per heavy atom. The number of hydrogen-bond donors (Lipinski definition) is 0. The van der Waals surface area contributed by atoms with E-state index in [-0.39, 0.29) is 11.3 Å². The Morgan fingerprint density at radius 2 is 1.96 bits per heavy atom. The number of benzene rings is 1. The van der Waals surface area contributed by atoms with Crippen LogP contribution in [0, 0.1) is 0 Å². The van der Waals surface area contributed by atoms with Gasteiger partial charge in [0.05, 0.1) is 32.0 Å². The lowest BCUT2D eigenvalue weighted by atomic mass is 10.1. The van der Waals surface area contributed by atoms with Crippen LogP contribution in [0.3, 0.4) is 0 Å². The molecule has 25 heavy (non-hydrogen) atoms. The van der Waals surface area contributed by atoms with Gasteiger partial charge in [0.15, 0.2) is 17.3 Å². The molecule has 0 amide bonds. The van der Waals surface area contributed by atoms with Crippen LogP contribution in [0.1, 0.15) is 19.9 Å². The molecule has 2 heterocycles. The van der Waals surface area contributed by atoms with Crippen molar-refractivity contribution in [2.24, 2.45) is 0 Å². The Bertz CT molecular complexity index is 1010. The van der Waals surface area contributed by atoms with Gasteiger partial charge in [0.25, 0.3) is 5.56 Å². The normalized spacial score (nSPS) is 12.2. The van der Waals surface area contributed by atoms with Crippen LogP contribution < -0.4 is 15.0 Å². The zero-order valence-electron chi connectivity index (χ0n) is 14.4. The monoisotopic (exact) mass is 358 g/mol. The van der Waals surface area contributed by atoms with Crippen LogP contribution in [0.15, 0.2) is 34.7 Å². The van der Waals surface area contributed by atoms with E-state index in [1.54, 1.807) is 27.2 Å². The Kier molecular flexibility index (Phi) is 4.59. The summed E-state index contributed by atoms with van der Waals surface area (Å²) in [5.74, 6) is 1.11. The number of hydrogen-bond acceptors (Lipinski definition) is 6. The molecule has 0 N–H and O–H groups in total. The number of carbonyl (C=O) groups excluding carboxylic acids is 1. The second-order valence-electron chi connectivity index (χ2n) is 5.64. The number of rotatable bonds is 5. The molecule has 3 aromatic rings. The predicted octanol–water partition coefficient (Wildman–Crippen LogP) is 3.29. The second kappa shape index (κ2) is 6.68. The maximum Gasteiger partial charge on any atom is 0.263 e. The fourth-order valence-corrected chi connectivity index (χ4v) is 3.54. The first-order chi connectivity index (χ1) is 12.0. The minimum atomic E-state index is -0.553. The molecule has 0 bridgehead atoms. The van der Waals surface area contributed by atoms with E-state index in [2.05, 4.69) is 4.98 Å². The molecule has 0 saturated carbocycles. The first-order valence-corrected chi connectivity index (χ1v) is 8.57. The van der Waals surface area contributed by atoms with Crippen molar-refractivity contribution in [1.29, 1.82) is 0 Å². The van der Waals surface area contributed by atoms with Crippen molar-refractivity contribution in [3.05, 3.63) is 40.3 Å². The van der Waals surface area contributed by atoms with E-state index in [4.69, 9.17) is 9.47 Å². The maximum absolute atomic E-state index is 12.9. The number of methoxy groups -OCH3 is 2. The summed E-state index contributed by atoms with van der Waals surface area (Å²) in [6, 6.07) is 4.94. The van der Waals surface area contributed by atoms with Gasteiger partial charge in [-0.2, -0.15) is 0 Å². The van der Waals surface area contributed by atoms with Crippen LogP contribution in [-0.4, -0.2) is 29.6 Å². The average molecular weight is 358 g/mol. The molecule has 0 radical (unpaired) electrons. The summed E-state index contributed by atoms with van der Waals surface area (Å²) >= 11 is 1.39. The van der Waals surface area contributed by atoms with E-state index in [0.29, 0.717) is 21.7 Å². The minimum absolute atomic E-state index is 0.0915. The quantitative estimate of drug-likeness (QED) is 0.700. The van der Waals surface area contributed by atoms with Crippen molar-refractivity contribution in [2.75, 3.05) is 14.2 Å².